The van der Waals surface area contributed by atoms with Crippen LogP contribution in [0, 0.1) is 29.4 Å². The molecule has 0 amide bonds. The van der Waals surface area contributed by atoms with Crippen LogP contribution in [0.5, 0.6) is 0 Å². The highest BCUT2D eigenvalue weighted by Gasteiger charge is 2.29. The lowest BCUT2D eigenvalue weighted by atomic mass is 9.71. The second kappa shape index (κ2) is 6.47. The van der Waals surface area contributed by atoms with Gasteiger partial charge in [0.2, 0.25) is 0 Å². The standard InChI is InChI=1S/C16H23F2N/c1-2-11-6-7-13(10-19)14(8-11)9-12-4-3-5-15(17)16(12)18/h3-5,11,13-14H,2,6-10,19H2,1H3. The van der Waals surface area contributed by atoms with Crippen molar-refractivity contribution >= 4 is 0 Å². The number of hydrogen-bond acceptors (Lipinski definition) is 1. The predicted octanol–water partition coefficient (Wildman–Crippen LogP) is 3.91. The van der Waals surface area contributed by atoms with Gasteiger partial charge < -0.3 is 5.73 Å². The van der Waals surface area contributed by atoms with Crippen LogP contribution in [0.4, 0.5) is 8.78 Å². The van der Waals surface area contributed by atoms with Gasteiger partial charge in [-0.2, -0.15) is 0 Å². The molecule has 3 unspecified atom stereocenters. The highest BCUT2D eigenvalue weighted by atomic mass is 19.2. The van der Waals surface area contributed by atoms with Crippen molar-refractivity contribution in [3.05, 3.63) is 35.4 Å². The monoisotopic (exact) mass is 267 g/mol. The minimum atomic E-state index is -0.746. The van der Waals surface area contributed by atoms with Crippen molar-refractivity contribution in [1.29, 1.82) is 0 Å². The molecule has 1 nitrogen and oxygen atoms in total. The van der Waals surface area contributed by atoms with E-state index < -0.39 is 11.6 Å². The van der Waals surface area contributed by atoms with Gasteiger partial charge in [-0.15, -0.1) is 0 Å². The van der Waals surface area contributed by atoms with Gasteiger partial charge in [0.1, 0.15) is 0 Å². The minimum absolute atomic E-state index is 0.389. The highest BCUT2D eigenvalue weighted by Crippen LogP contribution is 2.37. The van der Waals surface area contributed by atoms with Crippen molar-refractivity contribution in [2.45, 2.75) is 39.0 Å². The minimum Gasteiger partial charge on any atom is -0.330 e. The SMILES string of the molecule is CCC1CCC(CN)C(Cc2cccc(F)c2F)C1. The van der Waals surface area contributed by atoms with Crippen molar-refractivity contribution in [1.82, 2.24) is 0 Å². The van der Waals surface area contributed by atoms with Crippen LogP contribution in [0.2, 0.25) is 0 Å². The maximum Gasteiger partial charge on any atom is 0.162 e. The predicted molar refractivity (Wildman–Crippen MR) is 73.7 cm³/mol. The molecule has 0 heterocycles. The fourth-order valence-corrected chi connectivity index (χ4v) is 3.34. The first-order valence-corrected chi connectivity index (χ1v) is 7.28. The largest absolute Gasteiger partial charge is 0.330 e. The Morgan fingerprint density at radius 3 is 2.68 bits per heavy atom. The van der Waals surface area contributed by atoms with Crippen LogP contribution in [-0.2, 0) is 6.42 Å². The summed E-state index contributed by atoms with van der Waals surface area (Å²) < 4.78 is 27.0. The van der Waals surface area contributed by atoms with Crippen molar-refractivity contribution in [3.63, 3.8) is 0 Å². The normalized spacial score (nSPS) is 27.5. The molecule has 1 aromatic carbocycles. The summed E-state index contributed by atoms with van der Waals surface area (Å²) in [6, 6.07) is 4.46. The van der Waals surface area contributed by atoms with E-state index in [-0.39, 0.29) is 0 Å². The summed E-state index contributed by atoms with van der Waals surface area (Å²) in [5.74, 6) is 0.122. The van der Waals surface area contributed by atoms with E-state index in [9.17, 15) is 8.78 Å². The molecule has 2 rings (SSSR count). The van der Waals surface area contributed by atoms with Gasteiger partial charge in [-0.1, -0.05) is 31.9 Å². The summed E-state index contributed by atoms with van der Waals surface area (Å²) in [6.45, 7) is 2.85. The molecule has 1 fully saturated rings. The van der Waals surface area contributed by atoms with Crippen molar-refractivity contribution < 1.29 is 8.78 Å². The summed E-state index contributed by atoms with van der Waals surface area (Å²) in [6.07, 6.45) is 5.22. The average molecular weight is 267 g/mol. The molecule has 0 aliphatic heterocycles. The Bertz CT molecular complexity index is 419. The van der Waals surface area contributed by atoms with Crippen molar-refractivity contribution in [3.8, 4) is 0 Å². The van der Waals surface area contributed by atoms with Crippen LogP contribution < -0.4 is 5.73 Å². The van der Waals surface area contributed by atoms with Gasteiger partial charge in [0, 0.05) is 0 Å². The van der Waals surface area contributed by atoms with E-state index in [2.05, 4.69) is 6.92 Å². The molecule has 2 N–H and O–H groups in total. The molecule has 1 aromatic rings. The second-order valence-electron chi connectivity index (χ2n) is 5.76. The third-order valence-corrected chi connectivity index (χ3v) is 4.64. The van der Waals surface area contributed by atoms with E-state index in [1.807, 2.05) is 0 Å². The van der Waals surface area contributed by atoms with E-state index in [4.69, 9.17) is 5.73 Å². The first kappa shape index (κ1) is 14.4. The number of rotatable bonds is 4. The van der Waals surface area contributed by atoms with Gasteiger partial charge in [0.25, 0.3) is 0 Å². The molecule has 1 aliphatic carbocycles. The Labute approximate surface area is 114 Å². The van der Waals surface area contributed by atoms with Crippen LogP contribution in [0.25, 0.3) is 0 Å². The van der Waals surface area contributed by atoms with Crippen LogP contribution in [0.3, 0.4) is 0 Å². The van der Waals surface area contributed by atoms with Crippen LogP contribution in [-0.4, -0.2) is 6.54 Å². The summed E-state index contributed by atoms with van der Waals surface area (Å²) >= 11 is 0. The Balaban J connectivity index is 2.12. The van der Waals surface area contributed by atoms with Gasteiger partial charge in [-0.05, 0) is 55.2 Å². The smallest absolute Gasteiger partial charge is 0.162 e. The third-order valence-electron chi connectivity index (χ3n) is 4.64. The van der Waals surface area contributed by atoms with E-state index in [0.717, 1.165) is 12.8 Å². The first-order valence-electron chi connectivity index (χ1n) is 7.28. The fourth-order valence-electron chi connectivity index (χ4n) is 3.34. The van der Waals surface area contributed by atoms with E-state index in [1.165, 1.54) is 18.9 Å². The first-order chi connectivity index (χ1) is 9.15. The fraction of sp³-hybridized carbons (Fsp3) is 0.625. The van der Waals surface area contributed by atoms with Gasteiger partial charge >= 0.3 is 0 Å². The maximum absolute atomic E-state index is 13.8. The summed E-state index contributed by atoms with van der Waals surface area (Å²) in [4.78, 5) is 0. The van der Waals surface area contributed by atoms with E-state index >= 15 is 0 Å². The Kier molecular flexibility index (Phi) is 4.92. The molecule has 0 spiro atoms. The molecule has 0 radical (unpaired) electrons. The molecule has 3 atom stereocenters. The molecule has 19 heavy (non-hydrogen) atoms. The quantitative estimate of drug-likeness (QED) is 0.879. The zero-order valence-electron chi connectivity index (χ0n) is 11.5. The molecular formula is C16H23F2N. The molecule has 3 heteroatoms. The number of halogens is 2. The van der Waals surface area contributed by atoms with Crippen LogP contribution >= 0.6 is 0 Å². The molecule has 0 saturated heterocycles. The zero-order valence-corrected chi connectivity index (χ0v) is 11.5. The molecular weight excluding hydrogens is 244 g/mol. The molecule has 1 saturated carbocycles. The summed E-state index contributed by atoms with van der Waals surface area (Å²) in [7, 11) is 0. The highest BCUT2D eigenvalue weighted by molar-refractivity contribution is 5.19. The Morgan fingerprint density at radius 1 is 1.21 bits per heavy atom. The molecule has 0 aromatic heterocycles. The number of benzene rings is 1. The lowest BCUT2D eigenvalue weighted by molar-refractivity contribution is 0.178. The van der Waals surface area contributed by atoms with Gasteiger partial charge in [0.15, 0.2) is 11.6 Å². The Hall–Kier alpha value is -0.960. The number of nitrogens with two attached hydrogens (primary N) is 1. The van der Waals surface area contributed by atoms with Gasteiger partial charge in [-0.3, -0.25) is 0 Å². The average Bonchev–Trinajstić information content (AvgIpc) is 2.43. The van der Waals surface area contributed by atoms with Crippen LogP contribution in [0.1, 0.15) is 38.2 Å². The van der Waals surface area contributed by atoms with Gasteiger partial charge in [-0.25, -0.2) is 8.78 Å². The number of hydrogen-bond donors (Lipinski definition) is 1. The Morgan fingerprint density at radius 2 is 2.00 bits per heavy atom. The van der Waals surface area contributed by atoms with Crippen molar-refractivity contribution in [2.75, 3.05) is 6.54 Å². The van der Waals surface area contributed by atoms with Crippen molar-refractivity contribution in [2.24, 2.45) is 23.5 Å². The summed E-state index contributed by atoms with van der Waals surface area (Å²) in [5, 5.41) is 0. The van der Waals surface area contributed by atoms with Crippen LogP contribution in [0.15, 0.2) is 18.2 Å². The second-order valence-corrected chi connectivity index (χ2v) is 5.76. The van der Waals surface area contributed by atoms with E-state index in [0.29, 0.717) is 36.3 Å². The molecule has 0 bridgehead atoms. The third kappa shape index (κ3) is 3.33. The summed E-state index contributed by atoms with van der Waals surface area (Å²) in [5.41, 5.74) is 6.33. The zero-order chi connectivity index (χ0) is 13.8. The molecule has 1 aliphatic rings. The lowest BCUT2D eigenvalue weighted by Gasteiger charge is -2.35. The lowest BCUT2D eigenvalue weighted by Crippen LogP contribution is -2.31. The topological polar surface area (TPSA) is 26.0 Å². The maximum atomic E-state index is 13.8. The van der Waals surface area contributed by atoms with Gasteiger partial charge in [0.05, 0.1) is 0 Å². The molecule has 106 valence electrons. The van der Waals surface area contributed by atoms with E-state index in [1.54, 1.807) is 12.1 Å².